The van der Waals surface area contributed by atoms with E-state index in [9.17, 15) is 64.9 Å². The van der Waals surface area contributed by atoms with Crippen LogP contribution in [-0.4, -0.2) is 161 Å². The fourth-order valence-corrected chi connectivity index (χ4v) is 9.28. The van der Waals surface area contributed by atoms with Gasteiger partial charge in [0.25, 0.3) is 0 Å². The number of aromatic nitrogens is 8. The highest BCUT2D eigenvalue weighted by Gasteiger charge is 2.55. The van der Waals surface area contributed by atoms with Crippen molar-refractivity contribution >= 4 is 106 Å². The molecule has 0 bridgehead atoms. The van der Waals surface area contributed by atoms with Crippen LogP contribution in [0.5, 0.6) is 0 Å². The lowest BCUT2D eigenvalue weighted by molar-refractivity contribution is -0.161. The van der Waals surface area contributed by atoms with E-state index in [0.717, 1.165) is 32.3 Å². The number of β-lactam (4-membered cyclic amide) rings is 2. The molecule has 4 aromatic rings. The van der Waals surface area contributed by atoms with Gasteiger partial charge in [-0.15, -0.1) is 22.7 Å². The van der Waals surface area contributed by atoms with E-state index in [-0.39, 0.29) is 62.4 Å². The first-order valence-electron chi connectivity index (χ1n) is 20.5. The molecule has 396 valence electrons. The molecule has 2 aliphatic heterocycles. The number of carboxylic acids is 2. The number of anilines is 2. The van der Waals surface area contributed by atoms with Gasteiger partial charge in [0.1, 0.15) is 17.1 Å². The first-order chi connectivity index (χ1) is 33.8. The molecule has 0 spiro atoms. The van der Waals surface area contributed by atoms with Crippen molar-refractivity contribution in [1.29, 1.82) is 0 Å². The maximum Gasteiger partial charge on any atom is 0.362 e. The molecule has 0 aliphatic carbocycles. The van der Waals surface area contributed by atoms with Gasteiger partial charge in [-0.2, -0.15) is 46.8 Å². The monoisotopic (exact) mass is 1100 g/mol. The van der Waals surface area contributed by atoms with Gasteiger partial charge in [0.05, 0.1) is 61.6 Å². The highest BCUT2D eigenvalue weighted by molar-refractivity contribution is 7.84. The molecular formula is C35H46N18O16S4. The molecule has 6 heterocycles. The molecule has 0 unspecified atom stereocenters. The number of nitrogen functional groups attached to an aromatic ring is 2. The number of guanidine groups is 1. The molecule has 73 heavy (non-hydrogen) atoms. The van der Waals surface area contributed by atoms with Gasteiger partial charge in [0.15, 0.2) is 39.2 Å². The smallest absolute Gasteiger partial charge is 0.362 e. The van der Waals surface area contributed by atoms with Gasteiger partial charge in [0, 0.05) is 30.1 Å². The summed E-state index contributed by atoms with van der Waals surface area (Å²) in [5.41, 5.74) is 23.5. The lowest BCUT2D eigenvalue weighted by atomic mass is 9.84. The van der Waals surface area contributed by atoms with E-state index in [4.69, 9.17) is 38.3 Å². The first-order valence-corrected chi connectivity index (χ1v) is 25.0. The summed E-state index contributed by atoms with van der Waals surface area (Å²) in [7, 11) is -9.90. The van der Waals surface area contributed by atoms with Crippen LogP contribution in [0.15, 0.2) is 38.5 Å². The standard InChI is InChI=1S/C18H24N10O8S2.C17H22N8O8S2/c1-18(2,15(31)32)36-26-13(10-7-37-17(21)24-10)12(29)3-9-11(28(14(9)30)38(33,34)35)6-27-23-5-8(25-27)4-22-16(19)20;1-17(2,15(28)29)33-23-13(10-7-34-16(19)21-10)12(26)3-9-11(25(14(9)27)35(30,31)32)6-24-20-5-8(4-18)22-24/h5,7,9,11H,3-4,6H2,1-2H3,(H2,21,24)(H,31,32)(H4,19,20,22)(H,33,34,35);5,7,9,11H,3-4,6,18H2,1-2H3,(H2,19,21)(H,28,29)(H,30,31,32)/b26-13-;23-13-/t2*9-,11+/m00/s1. The normalized spacial score (nSPS) is 18.5. The lowest BCUT2D eigenvalue weighted by Crippen LogP contribution is -2.64. The number of ketones is 2. The van der Waals surface area contributed by atoms with Crippen molar-refractivity contribution in [2.24, 2.45) is 44.3 Å². The molecule has 14 N–H and O–H groups in total. The summed E-state index contributed by atoms with van der Waals surface area (Å²) in [6, 6.07) is -2.44. The fraction of sp³-hybridized carbons (Fsp3) is 0.457. The Morgan fingerprint density at radius 3 is 1.41 bits per heavy atom. The third-order valence-electron chi connectivity index (χ3n) is 10.2. The number of aliphatic imine (C=N–C) groups is 1. The first kappa shape index (κ1) is 56.3. The van der Waals surface area contributed by atoms with E-state index in [0.29, 0.717) is 11.4 Å². The molecule has 2 saturated heterocycles. The Balaban J connectivity index is 0.000000272. The van der Waals surface area contributed by atoms with Crippen LogP contribution in [0.1, 0.15) is 63.3 Å². The molecule has 0 saturated carbocycles. The quantitative estimate of drug-likeness (QED) is 0.0115. The van der Waals surface area contributed by atoms with Gasteiger partial charge in [0.2, 0.25) is 23.0 Å². The zero-order valence-corrected chi connectivity index (χ0v) is 41.6. The third-order valence-corrected chi connectivity index (χ3v) is 13.5. The maximum atomic E-state index is 13.2. The van der Waals surface area contributed by atoms with Crippen LogP contribution in [0.4, 0.5) is 10.3 Å². The van der Waals surface area contributed by atoms with Crippen LogP contribution in [0.2, 0.25) is 0 Å². The number of nitrogens with two attached hydrogens (primary N) is 5. The molecule has 38 heteroatoms. The number of aliphatic carboxylic acids is 2. The molecule has 6 rings (SSSR count). The van der Waals surface area contributed by atoms with Crippen molar-refractivity contribution in [2.75, 3.05) is 11.5 Å². The molecule has 2 aliphatic rings. The van der Waals surface area contributed by atoms with Gasteiger partial charge in [-0.3, -0.25) is 28.3 Å². The summed E-state index contributed by atoms with van der Waals surface area (Å²) in [5.74, 6) is -9.06. The Morgan fingerprint density at radius 1 is 0.712 bits per heavy atom. The molecule has 34 nitrogen and oxygen atoms in total. The van der Waals surface area contributed by atoms with Crippen LogP contribution in [0.3, 0.4) is 0 Å². The summed E-state index contributed by atoms with van der Waals surface area (Å²) in [6.45, 7) is 4.29. The lowest BCUT2D eigenvalue weighted by Gasteiger charge is -2.43. The molecule has 2 fully saturated rings. The van der Waals surface area contributed by atoms with E-state index in [1.807, 2.05) is 0 Å². The number of amides is 2. The molecular weight excluding hydrogens is 1060 g/mol. The predicted octanol–water partition coefficient (Wildman–Crippen LogP) is -3.39. The van der Waals surface area contributed by atoms with E-state index in [1.165, 1.54) is 50.8 Å². The Labute approximate surface area is 419 Å². The van der Waals surface area contributed by atoms with Gasteiger partial charge in [-0.25, -0.2) is 33.2 Å². The van der Waals surface area contributed by atoms with Crippen LogP contribution < -0.4 is 28.7 Å². The Bertz CT molecular complexity index is 3100. The van der Waals surface area contributed by atoms with Crippen molar-refractivity contribution in [2.45, 2.75) is 90.0 Å². The second kappa shape index (κ2) is 22.0. The van der Waals surface area contributed by atoms with Gasteiger partial charge in [-0.1, -0.05) is 10.3 Å². The molecule has 4 aromatic heterocycles. The van der Waals surface area contributed by atoms with Crippen LogP contribution in [-0.2, 0) is 85.2 Å². The number of hydrogen-bond acceptors (Lipinski definition) is 26. The minimum Gasteiger partial charge on any atom is -0.478 e. The number of carboxylic acid groups (broad SMARTS) is 2. The number of hydrogen-bond donors (Lipinski definition) is 9. The zero-order valence-electron chi connectivity index (χ0n) is 38.4. The summed E-state index contributed by atoms with van der Waals surface area (Å²) >= 11 is 1.96. The summed E-state index contributed by atoms with van der Waals surface area (Å²) in [5, 5.41) is 44.8. The SMILES string of the molecule is CC(C)(O/N=C(\C(=O)C[C@@H]1C(=O)N(S(=O)(=O)O)[C@@H]1Cn1ncc(CN)n1)c1csc(N)n1)C(=O)O.CC(C)(O/N=C(\C(=O)C[C@@H]1C(=O)N(S(=O)(=O)O)[C@@H]1Cn1ncc(CN=C(N)N)n1)c1csc(N)n1)C(=O)O. The Hall–Kier alpha value is -7.65. The molecule has 0 aromatic carbocycles. The fourth-order valence-electron chi connectivity index (χ4n) is 6.34. The second-order valence-corrected chi connectivity index (χ2v) is 20.7. The van der Waals surface area contributed by atoms with E-state index < -0.39 is 115 Å². The van der Waals surface area contributed by atoms with Gasteiger partial charge >= 0.3 is 32.5 Å². The van der Waals surface area contributed by atoms with Gasteiger partial charge in [-0.05, 0) is 27.7 Å². The number of carbonyl (C=O) groups is 6. The molecule has 4 atom stereocenters. The van der Waals surface area contributed by atoms with E-state index in [2.05, 4.69) is 45.7 Å². The zero-order chi connectivity index (χ0) is 54.5. The van der Waals surface area contributed by atoms with E-state index >= 15 is 0 Å². The largest absolute Gasteiger partial charge is 0.478 e. The number of nitrogens with zero attached hydrogens (tertiary/aromatic N) is 13. The molecule has 2 amide bonds. The number of thiazole rings is 2. The van der Waals surface area contributed by atoms with E-state index in [1.54, 1.807) is 0 Å². The van der Waals surface area contributed by atoms with Crippen LogP contribution in [0, 0.1) is 11.8 Å². The van der Waals surface area contributed by atoms with Crippen molar-refractivity contribution < 1.29 is 74.6 Å². The number of Topliss-reactive ketones (excluding diaryl/α,β-unsaturated/α-hetero) is 2. The van der Waals surface area contributed by atoms with Crippen molar-refractivity contribution in [3.63, 3.8) is 0 Å². The van der Waals surface area contributed by atoms with Crippen LogP contribution in [0.25, 0.3) is 0 Å². The van der Waals surface area contributed by atoms with Gasteiger partial charge < -0.3 is 48.6 Å². The highest BCUT2D eigenvalue weighted by atomic mass is 32.2. The van der Waals surface area contributed by atoms with Crippen molar-refractivity contribution in [3.8, 4) is 0 Å². The minimum absolute atomic E-state index is 0.0147. The number of carbonyl (C=O) groups excluding carboxylic acids is 4. The Morgan fingerprint density at radius 2 is 1.10 bits per heavy atom. The average molecular weight is 1100 g/mol. The second-order valence-electron chi connectivity index (χ2n) is 16.4. The summed E-state index contributed by atoms with van der Waals surface area (Å²) in [6.07, 6.45) is 1.50. The predicted molar refractivity (Wildman–Crippen MR) is 250 cm³/mol. The van der Waals surface area contributed by atoms with Crippen molar-refractivity contribution in [1.82, 2.24) is 48.6 Å². The highest BCUT2D eigenvalue weighted by Crippen LogP contribution is 2.35. The average Bonchev–Trinajstić information content (AvgIpc) is 4.12. The summed E-state index contributed by atoms with van der Waals surface area (Å²) < 4.78 is 66.6. The Kier molecular flexibility index (Phi) is 17.0. The summed E-state index contributed by atoms with van der Waals surface area (Å²) in [4.78, 5) is 98.1. The number of rotatable bonds is 23. The van der Waals surface area contributed by atoms with Crippen LogP contribution >= 0.6 is 22.7 Å². The molecule has 0 radical (unpaired) electrons. The maximum absolute atomic E-state index is 13.2. The third kappa shape index (κ3) is 13.7. The minimum atomic E-state index is -4.97. The van der Waals surface area contributed by atoms with Crippen molar-refractivity contribution in [3.05, 3.63) is 45.9 Å². The topological polar surface area (TPSA) is 531 Å². The number of oxime groups is 2.